The van der Waals surface area contributed by atoms with Crippen molar-refractivity contribution >= 4 is 0 Å². The summed E-state index contributed by atoms with van der Waals surface area (Å²) >= 11 is 0. The third-order valence-corrected chi connectivity index (χ3v) is 6.03. The van der Waals surface area contributed by atoms with E-state index in [2.05, 4.69) is 23.0 Å². The van der Waals surface area contributed by atoms with Crippen LogP contribution in [0.3, 0.4) is 0 Å². The summed E-state index contributed by atoms with van der Waals surface area (Å²) in [6.07, 6.45) is 0.518. The van der Waals surface area contributed by atoms with E-state index in [4.69, 9.17) is 14.0 Å². The van der Waals surface area contributed by atoms with Crippen LogP contribution in [0.25, 0.3) is 11.1 Å². The Kier molecular flexibility index (Phi) is 7.63. The maximum Gasteiger partial charge on any atom is 0.440 e. The van der Waals surface area contributed by atoms with Crippen LogP contribution >= 0.6 is 0 Å². The van der Waals surface area contributed by atoms with Gasteiger partial charge >= 0.3 is 11.4 Å². The van der Waals surface area contributed by atoms with Crippen molar-refractivity contribution in [1.29, 1.82) is 0 Å². The second kappa shape index (κ2) is 10.9. The molecule has 0 fully saturated rings. The number of hydrogen-bond donors (Lipinski definition) is 2. The molecule has 194 valence electrons. The van der Waals surface area contributed by atoms with Crippen LogP contribution in [-0.2, 0) is 13.2 Å². The molecule has 0 aliphatic carbocycles. The number of aryl methyl sites for hydroxylation is 1. The minimum absolute atomic E-state index is 0.148. The Morgan fingerprint density at radius 2 is 1.76 bits per heavy atom. The summed E-state index contributed by atoms with van der Waals surface area (Å²) in [6, 6.07) is 17.2. The molecule has 9 nitrogen and oxygen atoms in total. The normalized spacial score (nSPS) is 11.5. The lowest BCUT2D eigenvalue weighted by molar-refractivity contribution is 0.0547. The second-order valence-electron chi connectivity index (χ2n) is 9.56. The number of H-pyrrole nitrogens is 1. The zero-order chi connectivity index (χ0) is 26.6. The third kappa shape index (κ3) is 6.77. The number of pyridine rings is 1. The van der Waals surface area contributed by atoms with Crippen LogP contribution in [0.15, 0.2) is 68.7 Å². The number of benzene rings is 2. The van der Waals surface area contributed by atoms with Crippen LogP contribution in [0.1, 0.15) is 42.7 Å². The molecule has 9 heteroatoms. The first kappa shape index (κ1) is 26.0. The van der Waals surface area contributed by atoms with Crippen LogP contribution in [0, 0.1) is 13.8 Å². The van der Waals surface area contributed by atoms with Gasteiger partial charge in [-0.15, -0.1) is 4.74 Å². The molecule has 2 N–H and O–H groups in total. The fourth-order valence-corrected chi connectivity index (χ4v) is 3.88. The number of aliphatic hydroxyl groups is 1. The molecule has 37 heavy (non-hydrogen) atoms. The fraction of sp³-hybridized carbons (Fsp3) is 0.321. The van der Waals surface area contributed by atoms with Crippen LogP contribution in [0.2, 0.25) is 0 Å². The van der Waals surface area contributed by atoms with E-state index >= 15 is 0 Å². The topological polar surface area (TPSA) is 120 Å². The molecule has 0 saturated carbocycles. The second-order valence-corrected chi connectivity index (χ2v) is 9.56. The maximum atomic E-state index is 11.6. The average molecular weight is 506 g/mol. The van der Waals surface area contributed by atoms with Gasteiger partial charge in [-0.3, -0.25) is 0 Å². The maximum absolute atomic E-state index is 11.6. The van der Waals surface area contributed by atoms with Crippen molar-refractivity contribution in [3.8, 4) is 22.8 Å². The summed E-state index contributed by atoms with van der Waals surface area (Å²) in [5, 5.41) is 9.86. The molecule has 4 aromatic rings. The first-order valence-corrected chi connectivity index (χ1v) is 12.0. The monoisotopic (exact) mass is 505 g/mol. The largest absolute Gasteiger partial charge is 0.489 e. The molecule has 2 heterocycles. The van der Waals surface area contributed by atoms with Crippen molar-refractivity contribution in [2.75, 3.05) is 6.61 Å². The highest BCUT2D eigenvalue weighted by Gasteiger charge is 2.14. The fourth-order valence-electron chi connectivity index (χ4n) is 3.88. The molecule has 0 radical (unpaired) electrons. The van der Waals surface area contributed by atoms with Crippen LogP contribution in [0.4, 0.5) is 0 Å². The molecule has 0 unspecified atom stereocenters. The van der Waals surface area contributed by atoms with Crippen LogP contribution in [-0.4, -0.2) is 32.0 Å². The highest BCUT2D eigenvalue weighted by Crippen LogP contribution is 2.30. The van der Waals surface area contributed by atoms with Gasteiger partial charge in [-0.25, -0.2) is 19.6 Å². The van der Waals surface area contributed by atoms with E-state index in [-0.39, 0.29) is 6.54 Å². The summed E-state index contributed by atoms with van der Waals surface area (Å²) in [4.78, 5) is 29.4. The van der Waals surface area contributed by atoms with Gasteiger partial charge in [-0.05, 0) is 68.1 Å². The van der Waals surface area contributed by atoms with Gasteiger partial charge in [0.15, 0.2) is 0 Å². The standard InChI is InChI=1S/C28H31N3O6/c1-18-21(17-36-22-10-8-20(9-11-22)16-31-26(32)30-27(33)37-31)6-5-7-23(18)24-12-13-25(29-19(24)2)35-15-14-28(3,4)34/h5-13,34H,14-17H2,1-4H3,(H,30,32,33). The van der Waals surface area contributed by atoms with Crippen molar-refractivity contribution in [2.24, 2.45) is 0 Å². The van der Waals surface area contributed by atoms with Gasteiger partial charge in [0.1, 0.15) is 12.4 Å². The summed E-state index contributed by atoms with van der Waals surface area (Å²) in [5.41, 5.74) is 4.53. The van der Waals surface area contributed by atoms with E-state index in [1.807, 2.05) is 55.5 Å². The average Bonchev–Trinajstić information content (AvgIpc) is 3.15. The Balaban J connectivity index is 1.41. The number of ether oxygens (including phenoxy) is 2. The summed E-state index contributed by atoms with van der Waals surface area (Å²) in [7, 11) is 0. The van der Waals surface area contributed by atoms with Gasteiger partial charge in [0, 0.05) is 23.7 Å². The zero-order valence-corrected chi connectivity index (χ0v) is 21.4. The minimum Gasteiger partial charge on any atom is -0.489 e. The number of nitrogens with zero attached hydrogens (tertiary/aromatic N) is 2. The Morgan fingerprint density at radius 3 is 2.41 bits per heavy atom. The molecule has 0 saturated heterocycles. The van der Waals surface area contributed by atoms with Crippen molar-refractivity contribution in [1.82, 2.24) is 14.7 Å². The van der Waals surface area contributed by atoms with E-state index in [9.17, 15) is 14.7 Å². The molecule has 2 aromatic heterocycles. The Hall–Kier alpha value is -4.11. The first-order valence-electron chi connectivity index (χ1n) is 12.0. The first-order chi connectivity index (χ1) is 17.6. The number of rotatable bonds is 10. The Morgan fingerprint density at radius 1 is 1.00 bits per heavy atom. The van der Waals surface area contributed by atoms with Crippen molar-refractivity contribution in [3.63, 3.8) is 0 Å². The lowest BCUT2D eigenvalue weighted by Crippen LogP contribution is -2.22. The highest BCUT2D eigenvalue weighted by molar-refractivity contribution is 5.70. The number of aromatic amines is 1. The van der Waals surface area contributed by atoms with Crippen LogP contribution < -0.4 is 20.9 Å². The SMILES string of the molecule is Cc1nc(OCCC(C)(C)O)ccc1-c1cccc(COc2ccc(Cn3oc(=O)[nH]c3=O)cc2)c1C. The quantitative estimate of drug-likeness (QED) is 0.335. The number of aromatic nitrogens is 3. The van der Waals surface area contributed by atoms with Gasteiger partial charge in [-0.1, -0.05) is 30.3 Å². The van der Waals surface area contributed by atoms with Gasteiger partial charge in [0.05, 0.1) is 18.8 Å². The Labute approximate surface area is 214 Å². The molecule has 2 aromatic carbocycles. The summed E-state index contributed by atoms with van der Waals surface area (Å²) in [6.45, 7) is 8.45. The summed E-state index contributed by atoms with van der Waals surface area (Å²) in [5.74, 6) is 0.441. The van der Waals surface area contributed by atoms with Crippen LogP contribution in [0.5, 0.6) is 11.6 Å². The van der Waals surface area contributed by atoms with Gasteiger partial charge in [0.25, 0.3) is 0 Å². The molecule has 0 aliphatic heterocycles. The third-order valence-electron chi connectivity index (χ3n) is 6.03. The van der Waals surface area contributed by atoms with E-state index in [1.165, 1.54) is 0 Å². The van der Waals surface area contributed by atoms with E-state index in [1.54, 1.807) is 13.8 Å². The van der Waals surface area contributed by atoms with Crippen molar-refractivity contribution in [3.05, 3.63) is 98.0 Å². The van der Waals surface area contributed by atoms with Gasteiger partial charge < -0.3 is 19.1 Å². The van der Waals surface area contributed by atoms with Gasteiger partial charge in [0.2, 0.25) is 5.88 Å². The minimum atomic E-state index is -0.779. The Bertz CT molecular complexity index is 1480. The van der Waals surface area contributed by atoms with Gasteiger partial charge in [-0.2, -0.15) is 0 Å². The van der Waals surface area contributed by atoms with Crippen molar-refractivity contribution in [2.45, 2.75) is 52.9 Å². The lowest BCUT2D eigenvalue weighted by atomic mass is 9.96. The number of nitrogens with one attached hydrogen (secondary N) is 1. The van der Waals surface area contributed by atoms with Crippen molar-refractivity contribution < 1.29 is 19.1 Å². The predicted molar refractivity (Wildman–Crippen MR) is 139 cm³/mol. The molecule has 0 aliphatic rings. The van der Waals surface area contributed by atoms with E-state index in [0.717, 1.165) is 38.3 Å². The molecule has 0 atom stereocenters. The molecular weight excluding hydrogens is 474 g/mol. The smallest absolute Gasteiger partial charge is 0.440 e. The molecule has 0 amide bonds. The molecule has 4 rings (SSSR count). The molecule has 0 spiro atoms. The lowest BCUT2D eigenvalue weighted by Gasteiger charge is -2.17. The highest BCUT2D eigenvalue weighted by atomic mass is 16.5. The predicted octanol–water partition coefficient (Wildman–Crippen LogP) is 3.98. The zero-order valence-electron chi connectivity index (χ0n) is 21.4. The molecular formula is C28H31N3O6. The summed E-state index contributed by atoms with van der Waals surface area (Å²) < 4.78 is 17.5. The van der Waals surface area contributed by atoms with E-state index < -0.39 is 17.0 Å². The number of hydrogen-bond acceptors (Lipinski definition) is 7. The molecule has 0 bridgehead atoms. The van der Waals surface area contributed by atoms with E-state index in [0.29, 0.717) is 31.3 Å².